The highest BCUT2D eigenvalue weighted by atomic mass is 35.5. The average molecular weight is 464 g/mol. The summed E-state index contributed by atoms with van der Waals surface area (Å²) in [5, 5.41) is 11.7. The third-order valence-corrected chi connectivity index (χ3v) is 5.90. The van der Waals surface area contributed by atoms with E-state index in [1.54, 1.807) is 55.6 Å². The predicted octanol–water partition coefficient (Wildman–Crippen LogP) is 5.29. The van der Waals surface area contributed by atoms with Crippen LogP contribution in [0.1, 0.15) is 22.7 Å². The Kier molecular flexibility index (Phi) is 6.11. The summed E-state index contributed by atoms with van der Waals surface area (Å²) in [6.07, 6.45) is 0. The molecule has 1 saturated heterocycles. The molecule has 0 aliphatic carbocycles. The fraction of sp³-hybridized carbons (Fsp3) is 0.154. The first kappa shape index (κ1) is 22.4. The number of Topliss-reactive ketones (excluding diaryl/α,β-unsaturated/α-hetero) is 1. The van der Waals surface area contributed by atoms with Crippen LogP contribution in [-0.2, 0) is 9.59 Å². The number of rotatable bonds is 5. The van der Waals surface area contributed by atoms with Crippen molar-refractivity contribution in [2.24, 2.45) is 0 Å². The number of hydrogen-bond acceptors (Lipinski definition) is 5. The quantitative estimate of drug-likeness (QED) is 0.316. The summed E-state index contributed by atoms with van der Waals surface area (Å²) in [5.74, 6) is -0.925. The van der Waals surface area contributed by atoms with E-state index in [1.807, 2.05) is 19.1 Å². The molecule has 0 spiro atoms. The van der Waals surface area contributed by atoms with Crippen LogP contribution in [0.15, 0.2) is 72.3 Å². The van der Waals surface area contributed by atoms with Crippen LogP contribution in [0.25, 0.3) is 5.76 Å². The minimum Gasteiger partial charge on any atom is -0.507 e. The number of aryl methyl sites for hydroxylation is 1. The molecule has 1 N–H and O–H groups in total. The Morgan fingerprint density at radius 2 is 1.67 bits per heavy atom. The number of halogens is 1. The van der Waals surface area contributed by atoms with Gasteiger partial charge in [0.1, 0.15) is 17.3 Å². The number of benzene rings is 3. The molecular weight excluding hydrogens is 442 g/mol. The lowest BCUT2D eigenvalue weighted by Crippen LogP contribution is -2.30. The lowest BCUT2D eigenvalue weighted by Gasteiger charge is -2.27. The van der Waals surface area contributed by atoms with Crippen molar-refractivity contribution in [1.29, 1.82) is 0 Å². The van der Waals surface area contributed by atoms with Gasteiger partial charge < -0.3 is 14.6 Å². The monoisotopic (exact) mass is 463 g/mol. The molecule has 1 atom stereocenters. The van der Waals surface area contributed by atoms with Gasteiger partial charge in [-0.15, -0.1) is 0 Å². The number of methoxy groups -OCH3 is 2. The van der Waals surface area contributed by atoms with Crippen LogP contribution in [-0.4, -0.2) is 31.0 Å². The Hall–Kier alpha value is -3.77. The summed E-state index contributed by atoms with van der Waals surface area (Å²) in [7, 11) is 3.01. The maximum atomic E-state index is 13.3. The third kappa shape index (κ3) is 3.94. The van der Waals surface area contributed by atoms with Gasteiger partial charge >= 0.3 is 0 Å². The Morgan fingerprint density at radius 1 is 0.970 bits per heavy atom. The second-order valence-electron chi connectivity index (χ2n) is 7.57. The minimum atomic E-state index is -0.860. The summed E-state index contributed by atoms with van der Waals surface area (Å²) < 4.78 is 10.6. The van der Waals surface area contributed by atoms with Gasteiger partial charge in [-0.05, 0) is 54.4 Å². The number of carbonyl (C=O) groups is 2. The minimum absolute atomic E-state index is 0.0472. The van der Waals surface area contributed by atoms with Crippen molar-refractivity contribution in [3.8, 4) is 11.5 Å². The van der Waals surface area contributed by atoms with E-state index in [-0.39, 0.29) is 16.9 Å². The van der Waals surface area contributed by atoms with Crippen LogP contribution >= 0.6 is 11.6 Å². The van der Waals surface area contributed by atoms with E-state index in [0.717, 1.165) is 5.56 Å². The molecule has 4 rings (SSSR count). The van der Waals surface area contributed by atoms with E-state index in [0.29, 0.717) is 27.8 Å². The van der Waals surface area contributed by atoms with Crippen molar-refractivity contribution in [1.82, 2.24) is 0 Å². The molecule has 1 unspecified atom stereocenters. The molecular formula is C26H22ClNO5. The number of hydrogen-bond donors (Lipinski definition) is 1. The van der Waals surface area contributed by atoms with Gasteiger partial charge in [-0.2, -0.15) is 0 Å². The van der Waals surface area contributed by atoms with Crippen LogP contribution in [0.5, 0.6) is 11.5 Å². The molecule has 1 aliphatic heterocycles. The van der Waals surface area contributed by atoms with Crippen molar-refractivity contribution in [3.05, 3.63) is 94.0 Å². The molecule has 1 aliphatic rings. The van der Waals surface area contributed by atoms with Crippen LogP contribution < -0.4 is 14.4 Å². The van der Waals surface area contributed by atoms with Crippen LogP contribution in [0.4, 0.5) is 5.69 Å². The van der Waals surface area contributed by atoms with Gasteiger partial charge in [-0.25, -0.2) is 0 Å². The molecule has 0 saturated carbocycles. The van der Waals surface area contributed by atoms with Crippen molar-refractivity contribution >= 4 is 34.7 Å². The summed E-state index contributed by atoms with van der Waals surface area (Å²) >= 11 is 6.16. The number of amides is 1. The number of aliphatic hydroxyl groups excluding tert-OH is 1. The standard InChI is InChI=1S/C26H22ClNO5/c1-15-6-4-5-7-20(15)28-23(16-8-11-18(32-2)12-9-16)22(25(30)26(28)31)24(29)19-14-17(27)10-13-21(19)33-3/h4-14,23,29H,1-3H3/b24-22+. The van der Waals surface area contributed by atoms with E-state index in [9.17, 15) is 14.7 Å². The van der Waals surface area contributed by atoms with E-state index < -0.39 is 17.7 Å². The molecule has 0 bridgehead atoms. The number of carbonyl (C=O) groups excluding carboxylic acids is 2. The smallest absolute Gasteiger partial charge is 0.300 e. The molecule has 7 heteroatoms. The zero-order valence-electron chi connectivity index (χ0n) is 18.3. The Bertz CT molecular complexity index is 1270. The van der Waals surface area contributed by atoms with Crippen LogP contribution in [0.2, 0.25) is 5.02 Å². The Balaban J connectivity index is 1.99. The molecule has 1 fully saturated rings. The number of ketones is 1. The zero-order chi connectivity index (χ0) is 23.7. The summed E-state index contributed by atoms with van der Waals surface area (Å²) in [5.41, 5.74) is 2.22. The van der Waals surface area contributed by atoms with Gasteiger partial charge in [-0.1, -0.05) is 41.9 Å². The number of nitrogens with zero attached hydrogens (tertiary/aromatic N) is 1. The van der Waals surface area contributed by atoms with Gasteiger partial charge in [0.2, 0.25) is 0 Å². The van der Waals surface area contributed by atoms with Gasteiger partial charge in [0.15, 0.2) is 0 Å². The first-order valence-electron chi connectivity index (χ1n) is 10.2. The topological polar surface area (TPSA) is 76.1 Å². The van der Waals surface area contributed by atoms with Crippen molar-refractivity contribution in [2.75, 3.05) is 19.1 Å². The second-order valence-corrected chi connectivity index (χ2v) is 8.01. The maximum Gasteiger partial charge on any atom is 0.300 e. The van der Waals surface area contributed by atoms with E-state index in [4.69, 9.17) is 21.1 Å². The largest absolute Gasteiger partial charge is 0.507 e. The Labute approximate surface area is 196 Å². The van der Waals surface area contributed by atoms with E-state index in [1.165, 1.54) is 18.1 Å². The molecule has 168 valence electrons. The number of aliphatic hydroxyl groups is 1. The molecule has 0 aromatic heterocycles. The highest BCUT2D eigenvalue weighted by molar-refractivity contribution is 6.51. The first-order valence-corrected chi connectivity index (χ1v) is 10.6. The van der Waals surface area contributed by atoms with E-state index in [2.05, 4.69) is 0 Å². The molecule has 0 radical (unpaired) electrons. The highest BCUT2D eigenvalue weighted by Gasteiger charge is 2.47. The Morgan fingerprint density at radius 3 is 2.30 bits per heavy atom. The van der Waals surface area contributed by atoms with Crippen LogP contribution in [0, 0.1) is 6.92 Å². The number of ether oxygens (including phenoxy) is 2. The lowest BCUT2D eigenvalue weighted by atomic mass is 9.94. The first-order chi connectivity index (χ1) is 15.9. The second kappa shape index (κ2) is 9.00. The third-order valence-electron chi connectivity index (χ3n) is 5.67. The van der Waals surface area contributed by atoms with Crippen molar-refractivity contribution in [3.63, 3.8) is 0 Å². The van der Waals surface area contributed by atoms with E-state index >= 15 is 0 Å². The van der Waals surface area contributed by atoms with Crippen LogP contribution in [0.3, 0.4) is 0 Å². The molecule has 1 heterocycles. The van der Waals surface area contributed by atoms with Crippen molar-refractivity contribution < 1.29 is 24.2 Å². The average Bonchev–Trinajstić information content (AvgIpc) is 3.09. The number of anilines is 1. The maximum absolute atomic E-state index is 13.3. The SMILES string of the molecule is COc1ccc(C2/C(=C(\O)c3cc(Cl)ccc3OC)C(=O)C(=O)N2c2ccccc2C)cc1. The highest BCUT2D eigenvalue weighted by Crippen LogP contribution is 2.44. The van der Waals surface area contributed by atoms with Gasteiger partial charge in [-0.3, -0.25) is 14.5 Å². The summed E-state index contributed by atoms with van der Waals surface area (Å²) in [6.45, 7) is 1.86. The van der Waals surface area contributed by atoms with Gasteiger partial charge in [0.05, 0.1) is 31.4 Å². The summed E-state index contributed by atoms with van der Waals surface area (Å²) in [4.78, 5) is 28.0. The van der Waals surface area contributed by atoms with Gasteiger partial charge in [0, 0.05) is 10.7 Å². The van der Waals surface area contributed by atoms with Crippen molar-refractivity contribution in [2.45, 2.75) is 13.0 Å². The van der Waals surface area contributed by atoms with Gasteiger partial charge in [0.25, 0.3) is 11.7 Å². The predicted molar refractivity (Wildman–Crippen MR) is 127 cm³/mol. The normalized spacial score (nSPS) is 17.3. The fourth-order valence-electron chi connectivity index (χ4n) is 4.03. The summed E-state index contributed by atoms with van der Waals surface area (Å²) in [6, 6.07) is 18.2. The molecule has 33 heavy (non-hydrogen) atoms. The molecule has 6 nitrogen and oxygen atoms in total. The fourth-order valence-corrected chi connectivity index (χ4v) is 4.20. The molecule has 1 amide bonds. The lowest BCUT2D eigenvalue weighted by molar-refractivity contribution is -0.132. The number of para-hydroxylation sites is 1. The molecule has 3 aromatic carbocycles. The zero-order valence-corrected chi connectivity index (χ0v) is 19.1. The molecule has 3 aromatic rings.